The number of carboxylic acid groups (broad SMARTS) is 1. The number of unbranched alkanes of at least 4 members (excludes halogenated alkanes) is 1. The second-order valence-electron chi connectivity index (χ2n) is 5.92. The number of carboxylic acids is 1. The maximum absolute atomic E-state index is 11.1. The van der Waals surface area contributed by atoms with Crippen LogP contribution >= 0.6 is 0 Å². The van der Waals surface area contributed by atoms with Gasteiger partial charge in [-0.1, -0.05) is 13.3 Å². The van der Waals surface area contributed by atoms with E-state index in [1.165, 1.54) is 0 Å². The van der Waals surface area contributed by atoms with Crippen molar-refractivity contribution in [2.75, 3.05) is 13.2 Å². The lowest BCUT2D eigenvalue weighted by atomic mass is 10.2. The third-order valence-corrected chi connectivity index (χ3v) is 4.00. The Balaban J connectivity index is 1.93. The van der Waals surface area contributed by atoms with Gasteiger partial charge >= 0.3 is 5.97 Å². The SMILES string of the molecule is CCCCOc1ccc(-c2nc3ccc(C(=O)O)cc3[nH]2)cc1OCC. The topological polar surface area (TPSA) is 84.4 Å². The highest BCUT2D eigenvalue weighted by atomic mass is 16.5. The Morgan fingerprint density at radius 3 is 2.69 bits per heavy atom. The highest BCUT2D eigenvalue weighted by Gasteiger charge is 2.12. The van der Waals surface area contributed by atoms with Crippen LogP contribution in [0.1, 0.15) is 37.0 Å². The number of carbonyl (C=O) groups is 1. The van der Waals surface area contributed by atoms with E-state index < -0.39 is 5.97 Å². The van der Waals surface area contributed by atoms with E-state index in [1.807, 2.05) is 25.1 Å². The number of nitrogens with zero attached hydrogens (tertiary/aromatic N) is 1. The molecule has 2 N–H and O–H groups in total. The van der Waals surface area contributed by atoms with Crippen LogP contribution in [0.15, 0.2) is 36.4 Å². The molecule has 1 heterocycles. The largest absolute Gasteiger partial charge is 0.490 e. The molecule has 0 bridgehead atoms. The summed E-state index contributed by atoms with van der Waals surface area (Å²) in [6.07, 6.45) is 2.06. The summed E-state index contributed by atoms with van der Waals surface area (Å²) in [5.74, 6) is 1.08. The first-order valence-corrected chi connectivity index (χ1v) is 8.75. The molecule has 26 heavy (non-hydrogen) atoms. The zero-order valence-corrected chi connectivity index (χ0v) is 14.9. The van der Waals surface area contributed by atoms with Crippen molar-refractivity contribution < 1.29 is 19.4 Å². The molecule has 0 fully saturated rings. The fourth-order valence-electron chi connectivity index (χ4n) is 2.65. The van der Waals surface area contributed by atoms with Crippen molar-refractivity contribution in [3.05, 3.63) is 42.0 Å². The van der Waals surface area contributed by atoms with Gasteiger partial charge in [0.25, 0.3) is 0 Å². The zero-order valence-electron chi connectivity index (χ0n) is 14.9. The molecule has 2 aromatic carbocycles. The molecule has 0 spiro atoms. The molecule has 0 aliphatic heterocycles. The lowest BCUT2D eigenvalue weighted by Gasteiger charge is -2.12. The highest BCUT2D eigenvalue weighted by molar-refractivity contribution is 5.93. The van der Waals surface area contributed by atoms with Crippen molar-refractivity contribution in [3.63, 3.8) is 0 Å². The van der Waals surface area contributed by atoms with Gasteiger partial charge in [-0.25, -0.2) is 9.78 Å². The van der Waals surface area contributed by atoms with Crippen molar-refractivity contribution in [2.24, 2.45) is 0 Å². The first-order chi connectivity index (χ1) is 12.6. The van der Waals surface area contributed by atoms with Crippen LogP contribution in [-0.4, -0.2) is 34.3 Å². The van der Waals surface area contributed by atoms with Gasteiger partial charge in [-0.2, -0.15) is 0 Å². The number of hydrogen-bond donors (Lipinski definition) is 2. The van der Waals surface area contributed by atoms with Gasteiger partial charge in [0.1, 0.15) is 5.82 Å². The molecule has 0 saturated carbocycles. The van der Waals surface area contributed by atoms with Gasteiger partial charge in [0.05, 0.1) is 29.8 Å². The monoisotopic (exact) mass is 354 g/mol. The van der Waals surface area contributed by atoms with Crippen LogP contribution in [0, 0.1) is 0 Å². The summed E-state index contributed by atoms with van der Waals surface area (Å²) in [5, 5.41) is 9.12. The Morgan fingerprint density at radius 2 is 1.96 bits per heavy atom. The van der Waals surface area contributed by atoms with E-state index in [4.69, 9.17) is 14.6 Å². The average molecular weight is 354 g/mol. The van der Waals surface area contributed by atoms with Gasteiger partial charge in [0.15, 0.2) is 11.5 Å². The molecule has 6 heteroatoms. The van der Waals surface area contributed by atoms with Crippen molar-refractivity contribution in [3.8, 4) is 22.9 Å². The summed E-state index contributed by atoms with van der Waals surface area (Å²) >= 11 is 0. The summed E-state index contributed by atoms with van der Waals surface area (Å²) in [6, 6.07) is 10.5. The fourth-order valence-corrected chi connectivity index (χ4v) is 2.65. The number of rotatable bonds is 8. The molecule has 0 atom stereocenters. The van der Waals surface area contributed by atoms with Crippen molar-refractivity contribution in [2.45, 2.75) is 26.7 Å². The van der Waals surface area contributed by atoms with E-state index in [2.05, 4.69) is 16.9 Å². The van der Waals surface area contributed by atoms with Gasteiger partial charge < -0.3 is 19.6 Å². The normalized spacial score (nSPS) is 10.8. The Morgan fingerprint density at radius 1 is 1.12 bits per heavy atom. The molecule has 0 aliphatic rings. The molecule has 1 aromatic heterocycles. The van der Waals surface area contributed by atoms with Crippen molar-refractivity contribution >= 4 is 17.0 Å². The lowest BCUT2D eigenvalue weighted by molar-refractivity contribution is 0.0697. The third kappa shape index (κ3) is 3.79. The quantitative estimate of drug-likeness (QED) is 0.582. The standard InChI is InChI=1S/C20H22N2O4/c1-3-5-10-26-17-9-7-13(12-18(17)25-4-2)19-21-15-8-6-14(20(23)24)11-16(15)22-19/h6-9,11-12H,3-5,10H2,1-2H3,(H,21,22)(H,23,24). The molecule has 0 radical (unpaired) electrons. The van der Waals surface area contributed by atoms with Gasteiger partial charge in [-0.15, -0.1) is 0 Å². The van der Waals surface area contributed by atoms with E-state index in [0.717, 1.165) is 18.4 Å². The average Bonchev–Trinajstić information content (AvgIpc) is 3.06. The zero-order chi connectivity index (χ0) is 18.5. The Hall–Kier alpha value is -3.02. The van der Waals surface area contributed by atoms with E-state index in [1.54, 1.807) is 18.2 Å². The van der Waals surface area contributed by atoms with E-state index in [0.29, 0.717) is 41.6 Å². The molecule has 3 aromatic rings. The Kier molecular flexibility index (Phi) is 5.41. The molecular weight excluding hydrogens is 332 g/mol. The summed E-state index contributed by atoms with van der Waals surface area (Å²) in [4.78, 5) is 18.8. The van der Waals surface area contributed by atoms with Gasteiger partial charge in [-0.3, -0.25) is 0 Å². The molecule has 0 aliphatic carbocycles. The van der Waals surface area contributed by atoms with Crippen LogP contribution in [0.3, 0.4) is 0 Å². The number of hydrogen-bond acceptors (Lipinski definition) is 4. The first-order valence-electron chi connectivity index (χ1n) is 8.75. The number of nitrogens with one attached hydrogen (secondary N) is 1. The molecule has 3 rings (SSSR count). The number of H-pyrrole nitrogens is 1. The summed E-state index contributed by atoms with van der Waals surface area (Å²) in [7, 11) is 0. The number of benzene rings is 2. The maximum atomic E-state index is 11.1. The van der Waals surface area contributed by atoms with Crippen LogP contribution in [0.4, 0.5) is 0 Å². The third-order valence-electron chi connectivity index (χ3n) is 4.00. The smallest absolute Gasteiger partial charge is 0.335 e. The van der Waals surface area contributed by atoms with Crippen molar-refractivity contribution in [1.82, 2.24) is 9.97 Å². The van der Waals surface area contributed by atoms with Crippen LogP contribution in [0.25, 0.3) is 22.4 Å². The molecule has 6 nitrogen and oxygen atoms in total. The van der Waals surface area contributed by atoms with Gasteiger partial charge in [0, 0.05) is 5.56 Å². The van der Waals surface area contributed by atoms with Gasteiger partial charge in [0.2, 0.25) is 0 Å². The first kappa shape index (κ1) is 17.8. The predicted molar refractivity (Wildman–Crippen MR) is 100 cm³/mol. The van der Waals surface area contributed by atoms with Crippen LogP contribution < -0.4 is 9.47 Å². The number of aromatic nitrogens is 2. The summed E-state index contributed by atoms with van der Waals surface area (Å²) in [5.41, 5.74) is 2.47. The van der Waals surface area contributed by atoms with Crippen LogP contribution in [0.2, 0.25) is 0 Å². The number of fused-ring (bicyclic) bond motifs is 1. The summed E-state index contributed by atoms with van der Waals surface area (Å²) < 4.78 is 11.5. The van der Waals surface area contributed by atoms with Crippen molar-refractivity contribution in [1.29, 1.82) is 0 Å². The van der Waals surface area contributed by atoms with E-state index in [9.17, 15) is 4.79 Å². The maximum Gasteiger partial charge on any atom is 0.335 e. The van der Waals surface area contributed by atoms with Crippen LogP contribution in [-0.2, 0) is 0 Å². The molecule has 136 valence electrons. The summed E-state index contributed by atoms with van der Waals surface area (Å²) in [6.45, 7) is 5.23. The minimum absolute atomic E-state index is 0.224. The van der Waals surface area contributed by atoms with Gasteiger partial charge in [-0.05, 0) is 49.7 Å². The fraction of sp³-hybridized carbons (Fsp3) is 0.300. The minimum Gasteiger partial charge on any atom is -0.490 e. The lowest BCUT2D eigenvalue weighted by Crippen LogP contribution is -2.01. The second kappa shape index (κ2) is 7.91. The molecule has 0 saturated heterocycles. The predicted octanol–water partition coefficient (Wildman–Crippen LogP) is 4.51. The minimum atomic E-state index is -0.963. The number of imidazole rings is 1. The number of aromatic amines is 1. The molecule has 0 amide bonds. The second-order valence-corrected chi connectivity index (χ2v) is 5.92. The number of ether oxygens (including phenoxy) is 2. The highest BCUT2D eigenvalue weighted by Crippen LogP contribution is 2.33. The Labute approximate surface area is 151 Å². The molecule has 0 unspecified atom stereocenters. The Bertz CT molecular complexity index is 917. The van der Waals surface area contributed by atoms with E-state index >= 15 is 0 Å². The van der Waals surface area contributed by atoms with Crippen LogP contribution in [0.5, 0.6) is 11.5 Å². The molecular formula is C20H22N2O4. The van der Waals surface area contributed by atoms with E-state index in [-0.39, 0.29) is 5.56 Å². The number of aromatic carboxylic acids is 1.